The number of hydrogen-bond acceptors (Lipinski definition) is 2. The van der Waals surface area contributed by atoms with Crippen LogP contribution < -0.4 is 5.32 Å². The smallest absolute Gasteiger partial charge is 0.0665 e. The van der Waals surface area contributed by atoms with Gasteiger partial charge in [0.25, 0.3) is 0 Å². The SMILES string of the molecule is [CH2]C(O)CNCC. The van der Waals surface area contributed by atoms with Crippen molar-refractivity contribution in [3.63, 3.8) is 0 Å². The van der Waals surface area contributed by atoms with E-state index in [2.05, 4.69) is 12.2 Å². The molecule has 0 spiro atoms. The molecule has 0 saturated heterocycles. The standard InChI is InChI=1S/C5H12NO/c1-3-6-4-5(2)7/h5-7H,2-4H2,1H3. The first-order valence-corrected chi connectivity index (χ1v) is 2.49. The van der Waals surface area contributed by atoms with Crippen molar-refractivity contribution in [2.45, 2.75) is 13.0 Å². The lowest BCUT2D eigenvalue weighted by Crippen LogP contribution is -2.23. The molecule has 0 aromatic heterocycles. The monoisotopic (exact) mass is 102 g/mol. The van der Waals surface area contributed by atoms with Crippen LogP contribution in [0.3, 0.4) is 0 Å². The zero-order valence-electron chi connectivity index (χ0n) is 4.65. The lowest BCUT2D eigenvalue weighted by Gasteiger charge is -2.01. The van der Waals surface area contributed by atoms with Crippen molar-refractivity contribution in [1.29, 1.82) is 0 Å². The molecule has 0 aliphatic carbocycles. The van der Waals surface area contributed by atoms with Gasteiger partial charge in [0, 0.05) is 6.54 Å². The molecule has 0 heterocycles. The van der Waals surface area contributed by atoms with Gasteiger partial charge in [-0.3, -0.25) is 0 Å². The first-order valence-electron chi connectivity index (χ1n) is 2.49. The molecule has 1 unspecified atom stereocenters. The third-order valence-corrected chi connectivity index (χ3v) is 0.630. The Morgan fingerprint density at radius 3 is 2.57 bits per heavy atom. The number of aliphatic hydroxyl groups is 1. The fourth-order valence-electron chi connectivity index (χ4n) is 0.311. The fourth-order valence-corrected chi connectivity index (χ4v) is 0.311. The van der Waals surface area contributed by atoms with Crippen molar-refractivity contribution in [3.8, 4) is 0 Å². The Labute approximate surface area is 44.5 Å². The highest BCUT2D eigenvalue weighted by Crippen LogP contribution is 1.70. The highest BCUT2D eigenvalue weighted by molar-refractivity contribution is 4.58. The molecule has 2 N–H and O–H groups in total. The third kappa shape index (κ3) is 5.92. The van der Waals surface area contributed by atoms with Gasteiger partial charge in [-0.25, -0.2) is 0 Å². The minimum Gasteiger partial charge on any atom is -0.392 e. The quantitative estimate of drug-likeness (QED) is 0.517. The maximum absolute atomic E-state index is 8.51. The molecule has 0 amide bonds. The summed E-state index contributed by atoms with van der Waals surface area (Å²) in [4.78, 5) is 0. The molecule has 0 saturated carbocycles. The Kier molecular flexibility index (Phi) is 4.04. The lowest BCUT2D eigenvalue weighted by molar-refractivity contribution is 0.217. The zero-order valence-corrected chi connectivity index (χ0v) is 4.65. The summed E-state index contributed by atoms with van der Waals surface area (Å²) < 4.78 is 0. The predicted octanol–water partition coefficient (Wildman–Crippen LogP) is -0.209. The van der Waals surface area contributed by atoms with Gasteiger partial charge in [-0.05, 0) is 13.5 Å². The summed E-state index contributed by atoms with van der Waals surface area (Å²) in [5.74, 6) is 0. The van der Waals surface area contributed by atoms with Gasteiger partial charge in [0.1, 0.15) is 0 Å². The molecule has 0 aliphatic heterocycles. The molecule has 0 bridgehead atoms. The van der Waals surface area contributed by atoms with E-state index in [9.17, 15) is 0 Å². The molecule has 1 atom stereocenters. The second kappa shape index (κ2) is 4.09. The molecule has 0 rings (SSSR count). The summed E-state index contributed by atoms with van der Waals surface area (Å²) in [6, 6.07) is 0. The van der Waals surface area contributed by atoms with Crippen molar-refractivity contribution in [1.82, 2.24) is 5.32 Å². The normalized spacial score (nSPS) is 14.1. The van der Waals surface area contributed by atoms with Crippen LogP contribution in [-0.2, 0) is 0 Å². The maximum atomic E-state index is 8.51. The van der Waals surface area contributed by atoms with Gasteiger partial charge in [0.15, 0.2) is 0 Å². The van der Waals surface area contributed by atoms with E-state index >= 15 is 0 Å². The molecule has 43 valence electrons. The average Bonchev–Trinajstić information content (AvgIpc) is 1.61. The Morgan fingerprint density at radius 2 is 2.43 bits per heavy atom. The van der Waals surface area contributed by atoms with Crippen LogP contribution in [0.1, 0.15) is 6.92 Å². The second-order valence-corrected chi connectivity index (χ2v) is 1.46. The average molecular weight is 102 g/mol. The molecule has 2 heteroatoms. The van der Waals surface area contributed by atoms with E-state index in [1.54, 1.807) is 0 Å². The van der Waals surface area contributed by atoms with Crippen LogP contribution in [0.2, 0.25) is 0 Å². The zero-order chi connectivity index (χ0) is 5.70. The van der Waals surface area contributed by atoms with Gasteiger partial charge < -0.3 is 10.4 Å². The van der Waals surface area contributed by atoms with E-state index in [4.69, 9.17) is 5.11 Å². The van der Waals surface area contributed by atoms with Crippen molar-refractivity contribution >= 4 is 0 Å². The summed E-state index contributed by atoms with van der Waals surface area (Å²) >= 11 is 0. The molecule has 2 nitrogen and oxygen atoms in total. The van der Waals surface area contributed by atoms with Crippen LogP contribution in [0.25, 0.3) is 0 Å². The molecule has 0 aromatic rings. The molecule has 0 fully saturated rings. The number of hydrogen-bond donors (Lipinski definition) is 2. The number of rotatable bonds is 3. The largest absolute Gasteiger partial charge is 0.392 e. The number of aliphatic hydroxyl groups excluding tert-OH is 1. The highest BCUT2D eigenvalue weighted by Gasteiger charge is 1.88. The topological polar surface area (TPSA) is 32.3 Å². The third-order valence-electron chi connectivity index (χ3n) is 0.630. The Hall–Kier alpha value is -0.0800. The molecular formula is C5H12NO. The van der Waals surface area contributed by atoms with Crippen molar-refractivity contribution in [2.75, 3.05) is 13.1 Å². The van der Waals surface area contributed by atoms with Gasteiger partial charge >= 0.3 is 0 Å². The van der Waals surface area contributed by atoms with Crippen LogP contribution in [-0.4, -0.2) is 24.3 Å². The molecule has 7 heavy (non-hydrogen) atoms. The maximum Gasteiger partial charge on any atom is 0.0665 e. The van der Waals surface area contributed by atoms with E-state index in [1.165, 1.54) is 0 Å². The van der Waals surface area contributed by atoms with Crippen LogP contribution in [0.15, 0.2) is 0 Å². The van der Waals surface area contributed by atoms with E-state index in [-0.39, 0.29) is 0 Å². The van der Waals surface area contributed by atoms with Crippen LogP contribution >= 0.6 is 0 Å². The van der Waals surface area contributed by atoms with Gasteiger partial charge in [0.2, 0.25) is 0 Å². The van der Waals surface area contributed by atoms with Gasteiger partial charge in [-0.2, -0.15) is 0 Å². The molecular weight excluding hydrogens is 90.1 g/mol. The highest BCUT2D eigenvalue weighted by atomic mass is 16.3. The minimum atomic E-state index is -0.458. The Bertz CT molecular complexity index is 37.1. The summed E-state index contributed by atoms with van der Waals surface area (Å²) in [6.45, 7) is 6.85. The summed E-state index contributed by atoms with van der Waals surface area (Å²) in [5, 5.41) is 11.4. The Balaban J connectivity index is 2.68. The van der Waals surface area contributed by atoms with Crippen LogP contribution in [0, 0.1) is 6.92 Å². The number of likely N-dealkylation sites (N-methyl/N-ethyl adjacent to an activating group) is 1. The molecule has 0 aliphatic rings. The van der Waals surface area contributed by atoms with Gasteiger partial charge in [-0.15, -0.1) is 0 Å². The van der Waals surface area contributed by atoms with E-state index in [1.807, 2.05) is 6.92 Å². The van der Waals surface area contributed by atoms with E-state index in [0.717, 1.165) is 6.54 Å². The summed E-state index contributed by atoms with van der Waals surface area (Å²) in [6.07, 6.45) is -0.458. The molecule has 0 aromatic carbocycles. The van der Waals surface area contributed by atoms with Gasteiger partial charge in [-0.1, -0.05) is 6.92 Å². The van der Waals surface area contributed by atoms with Crippen LogP contribution in [0.5, 0.6) is 0 Å². The minimum absolute atomic E-state index is 0.458. The predicted molar refractivity (Wildman–Crippen MR) is 29.9 cm³/mol. The van der Waals surface area contributed by atoms with Crippen molar-refractivity contribution in [3.05, 3.63) is 6.92 Å². The van der Waals surface area contributed by atoms with E-state index < -0.39 is 6.10 Å². The molecule has 1 radical (unpaired) electrons. The second-order valence-electron chi connectivity index (χ2n) is 1.46. The summed E-state index contributed by atoms with van der Waals surface area (Å²) in [5.41, 5.74) is 0. The van der Waals surface area contributed by atoms with Gasteiger partial charge in [0.05, 0.1) is 6.10 Å². The first kappa shape index (κ1) is 6.92. The van der Waals surface area contributed by atoms with Crippen LogP contribution in [0.4, 0.5) is 0 Å². The number of nitrogens with one attached hydrogen (secondary N) is 1. The summed E-state index contributed by atoms with van der Waals surface area (Å²) in [7, 11) is 0. The van der Waals surface area contributed by atoms with Crippen molar-refractivity contribution in [2.24, 2.45) is 0 Å². The lowest BCUT2D eigenvalue weighted by atomic mass is 10.4. The van der Waals surface area contributed by atoms with Crippen molar-refractivity contribution < 1.29 is 5.11 Å². The van der Waals surface area contributed by atoms with E-state index in [0.29, 0.717) is 6.54 Å². The first-order chi connectivity index (χ1) is 3.27. The Morgan fingerprint density at radius 1 is 1.86 bits per heavy atom. The fraction of sp³-hybridized carbons (Fsp3) is 0.800.